The molecule has 0 saturated heterocycles. The van der Waals surface area contributed by atoms with Gasteiger partial charge >= 0.3 is 0 Å². The van der Waals surface area contributed by atoms with Crippen LogP contribution >= 0.6 is 0 Å². The van der Waals surface area contributed by atoms with Gasteiger partial charge in [0.2, 0.25) is 0 Å². The summed E-state index contributed by atoms with van der Waals surface area (Å²) >= 11 is 0. The summed E-state index contributed by atoms with van der Waals surface area (Å²) in [7, 11) is 0. The number of hydrogen-bond acceptors (Lipinski definition) is 2. The summed E-state index contributed by atoms with van der Waals surface area (Å²) in [6, 6.07) is 1.91. The normalized spacial score (nSPS) is 20.4. The van der Waals surface area contributed by atoms with E-state index in [0.717, 1.165) is 36.0 Å². The molecule has 0 aromatic carbocycles. The van der Waals surface area contributed by atoms with Crippen molar-refractivity contribution in [2.24, 2.45) is 5.92 Å². The molecule has 2 nitrogen and oxygen atoms in total. The molecule has 2 heteroatoms. The van der Waals surface area contributed by atoms with Crippen molar-refractivity contribution in [2.75, 3.05) is 0 Å². The molecule has 1 atom stereocenters. The molecular weight excluding hydrogens is 198 g/mol. The number of nitrogens with zero attached hydrogens (tertiary/aromatic N) is 1. The van der Waals surface area contributed by atoms with Crippen molar-refractivity contribution in [1.29, 1.82) is 0 Å². The molecule has 1 aliphatic rings. The molecule has 0 fully saturated rings. The minimum absolute atomic E-state index is 0.156. The Morgan fingerprint density at radius 1 is 1.44 bits per heavy atom. The highest BCUT2D eigenvalue weighted by Crippen LogP contribution is 2.25. The fourth-order valence-electron chi connectivity index (χ4n) is 2.04. The van der Waals surface area contributed by atoms with Crippen molar-refractivity contribution in [1.82, 2.24) is 4.98 Å². The van der Waals surface area contributed by atoms with Crippen molar-refractivity contribution in [3.05, 3.63) is 41.2 Å². The second-order valence-electron chi connectivity index (χ2n) is 4.69. The zero-order valence-corrected chi connectivity index (χ0v) is 9.86. The van der Waals surface area contributed by atoms with Gasteiger partial charge in [0.25, 0.3) is 0 Å². The molecule has 1 unspecified atom stereocenters. The lowest BCUT2D eigenvalue weighted by Crippen LogP contribution is -2.10. The summed E-state index contributed by atoms with van der Waals surface area (Å²) in [5.74, 6) is 0.871. The van der Waals surface area contributed by atoms with E-state index in [2.05, 4.69) is 18.0 Å². The first kappa shape index (κ1) is 11.1. The maximum atomic E-state index is 12.2. The van der Waals surface area contributed by atoms with Crippen LogP contribution in [0.15, 0.2) is 30.1 Å². The zero-order chi connectivity index (χ0) is 11.5. The Kier molecular flexibility index (Phi) is 3.18. The lowest BCUT2D eigenvalue weighted by molar-refractivity contribution is 0.102. The van der Waals surface area contributed by atoms with Crippen LogP contribution in [0.5, 0.6) is 0 Å². The fraction of sp³-hybridized carbons (Fsp3) is 0.429. The van der Waals surface area contributed by atoms with E-state index >= 15 is 0 Å². The average Bonchev–Trinajstić information content (AvgIpc) is 2.29. The van der Waals surface area contributed by atoms with Crippen LogP contribution in [0.4, 0.5) is 0 Å². The van der Waals surface area contributed by atoms with E-state index in [4.69, 9.17) is 0 Å². The lowest BCUT2D eigenvalue weighted by atomic mass is 9.87. The van der Waals surface area contributed by atoms with Gasteiger partial charge in [-0.1, -0.05) is 13.0 Å². The number of pyridine rings is 1. The molecule has 1 aromatic heterocycles. The molecule has 84 valence electrons. The Balaban J connectivity index is 2.20. The Hall–Kier alpha value is -1.44. The second kappa shape index (κ2) is 4.60. The molecule has 0 bridgehead atoms. The molecule has 0 saturated carbocycles. The Morgan fingerprint density at radius 3 is 2.88 bits per heavy atom. The highest BCUT2D eigenvalue weighted by molar-refractivity contribution is 6.08. The maximum absolute atomic E-state index is 12.2. The van der Waals surface area contributed by atoms with Gasteiger partial charge in [-0.3, -0.25) is 9.78 Å². The van der Waals surface area contributed by atoms with E-state index in [9.17, 15) is 4.79 Å². The summed E-state index contributed by atoms with van der Waals surface area (Å²) in [5, 5.41) is 0. The van der Waals surface area contributed by atoms with Crippen molar-refractivity contribution >= 4 is 5.78 Å². The number of allylic oxidation sites excluding steroid dienone is 2. The van der Waals surface area contributed by atoms with Crippen molar-refractivity contribution in [3.63, 3.8) is 0 Å². The van der Waals surface area contributed by atoms with Crippen molar-refractivity contribution in [3.8, 4) is 0 Å². The molecule has 1 heterocycles. The van der Waals surface area contributed by atoms with Gasteiger partial charge in [0, 0.05) is 18.0 Å². The highest BCUT2D eigenvalue weighted by atomic mass is 16.1. The third-order valence-corrected chi connectivity index (χ3v) is 3.10. The van der Waals surface area contributed by atoms with E-state index in [-0.39, 0.29) is 5.78 Å². The van der Waals surface area contributed by atoms with Crippen LogP contribution in [0.25, 0.3) is 0 Å². The summed E-state index contributed by atoms with van der Waals surface area (Å²) in [6.07, 6.45) is 8.59. The minimum Gasteiger partial charge on any atom is -0.289 e. The zero-order valence-electron chi connectivity index (χ0n) is 9.86. The lowest BCUT2D eigenvalue weighted by Gasteiger charge is -2.17. The Labute approximate surface area is 96.4 Å². The predicted molar refractivity (Wildman–Crippen MR) is 64.4 cm³/mol. The first-order valence-corrected chi connectivity index (χ1v) is 5.82. The number of rotatable bonds is 2. The quantitative estimate of drug-likeness (QED) is 0.708. The van der Waals surface area contributed by atoms with E-state index in [1.165, 1.54) is 0 Å². The van der Waals surface area contributed by atoms with Crippen LogP contribution < -0.4 is 0 Å². The van der Waals surface area contributed by atoms with Crippen molar-refractivity contribution in [2.45, 2.75) is 33.1 Å². The van der Waals surface area contributed by atoms with Gasteiger partial charge in [0.15, 0.2) is 5.78 Å². The van der Waals surface area contributed by atoms with Crippen LogP contribution in [-0.2, 0) is 0 Å². The molecular formula is C14H17NO. The fourth-order valence-corrected chi connectivity index (χ4v) is 2.04. The van der Waals surface area contributed by atoms with Crippen LogP contribution in [0.3, 0.4) is 0 Å². The summed E-state index contributed by atoms with van der Waals surface area (Å²) < 4.78 is 0. The predicted octanol–water partition coefficient (Wildman–Crippen LogP) is 3.32. The van der Waals surface area contributed by atoms with E-state index < -0.39 is 0 Å². The molecule has 0 radical (unpaired) electrons. The van der Waals surface area contributed by atoms with Gasteiger partial charge < -0.3 is 0 Å². The van der Waals surface area contributed by atoms with Gasteiger partial charge in [-0.05, 0) is 49.3 Å². The monoisotopic (exact) mass is 215 g/mol. The van der Waals surface area contributed by atoms with Crippen LogP contribution in [0.2, 0.25) is 0 Å². The molecule has 0 amide bonds. The molecule has 0 aliphatic heterocycles. The maximum Gasteiger partial charge on any atom is 0.190 e. The summed E-state index contributed by atoms with van der Waals surface area (Å²) in [4.78, 5) is 16.2. The van der Waals surface area contributed by atoms with Crippen LogP contribution in [-0.4, -0.2) is 10.8 Å². The summed E-state index contributed by atoms with van der Waals surface area (Å²) in [5.41, 5.74) is 2.72. The molecule has 16 heavy (non-hydrogen) atoms. The second-order valence-corrected chi connectivity index (χ2v) is 4.69. The number of carbonyl (C=O) groups is 1. The van der Waals surface area contributed by atoms with E-state index in [1.807, 2.05) is 13.0 Å². The first-order chi connectivity index (χ1) is 7.66. The van der Waals surface area contributed by atoms with Gasteiger partial charge in [-0.15, -0.1) is 0 Å². The Morgan fingerprint density at radius 2 is 2.25 bits per heavy atom. The number of aryl methyl sites for hydroxylation is 1. The van der Waals surface area contributed by atoms with Crippen molar-refractivity contribution < 1.29 is 4.79 Å². The molecule has 1 aromatic rings. The van der Waals surface area contributed by atoms with Gasteiger partial charge in [-0.25, -0.2) is 0 Å². The first-order valence-electron chi connectivity index (χ1n) is 5.82. The van der Waals surface area contributed by atoms with Crippen LogP contribution in [0.1, 0.15) is 42.1 Å². The van der Waals surface area contributed by atoms with Gasteiger partial charge in [0.1, 0.15) is 0 Å². The Bertz CT molecular complexity index is 434. The van der Waals surface area contributed by atoms with E-state index in [1.54, 1.807) is 12.4 Å². The number of aromatic nitrogens is 1. The van der Waals surface area contributed by atoms with Gasteiger partial charge in [0.05, 0.1) is 0 Å². The topological polar surface area (TPSA) is 30.0 Å². The molecule has 1 aliphatic carbocycles. The number of Topliss-reactive ketones (excluding diaryl/α,β-unsaturated/α-hetero) is 1. The third kappa shape index (κ3) is 2.38. The standard InChI is InChI=1S/C14H17NO/c1-10-3-5-12(6-4-10)14(16)13-7-11(2)8-15-9-13/h5,7-10H,3-4,6H2,1-2H3. The number of ketones is 1. The van der Waals surface area contributed by atoms with E-state index in [0.29, 0.717) is 5.92 Å². The highest BCUT2D eigenvalue weighted by Gasteiger charge is 2.17. The SMILES string of the molecule is Cc1cncc(C(=O)C2=CCC(C)CC2)c1. The molecule has 0 N–H and O–H groups in total. The van der Waals surface area contributed by atoms with Crippen LogP contribution in [0, 0.1) is 12.8 Å². The average molecular weight is 215 g/mol. The number of hydrogen-bond donors (Lipinski definition) is 0. The number of carbonyl (C=O) groups excluding carboxylic acids is 1. The largest absolute Gasteiger partial charge is 0.289 e. The molecule has 2 rings (SSSR count). The van der Waals surface area contributed by atoms with Gasteiger partial charge in [-0.2, -0.15) is 0 Å². The third-order valence-electron chi connectivity index (χ3n) is 3.10. The molecule has 0 spiro atoms. The summed E-state index contributed by atoms with van der Waals surface area (Å²) in [6.45, 7) is 4.19. The smallest absolute Gasteiger partial charge is 0.190 e. The minimum atomic E-state index is 0.156.